The molecule has 0 amide bonds. The maximum absolute atomic E-state index is 16.6. The van der Waals surface area contributed by atoms with Gasteiger partial charge in [0, 0.05) is 62.7 Å². The van der Waals surface area contributed by atoms with Gasteiger partial charge in [0.2, 0.25) is 0 Å². The van der Waals surface area contributed by atoms with E-state index in [1.54, 1.807) is 0 Å². The number of halogens is 5. The largest absolute Gasteiger partial charge is 0.463 e. The summed E-state index contributed by atoms with van der Waals surface area (Å²) in [6.07, 6.45) is -1.04. The third-order valence-electron chi connectivity index (χ3n) is 9.48. The van der Waals surface area contributed by atoms with Crippen LogP contribution in [0.15, 0.2) is 12.1 Å². The third kappa shape index (κ3) is 5.87. The second kappa shape index (κ2) is 11.5. The van der Waals surface area contributed by atoms with Gasteiger partial charge in [0.15, 0.2) is 5.82 Å². The maximum Gasteiger partial charge on any atom is 0.418 e. The van der Waals surface area contributed by atoms with E-state index < -0.39 is 34.6 Å². The highest BCUT2D eigenvalue weighted by Crippen LogP contribution is 2.47. The van der Waals surface area contributed by atoms with Crippen LogP contribution >= 0.6 is 0 Å². The number of benzene rings is 1. The van der Waals surface area contributed by atoms with E-state index in [1.807, 2.05) is 4.90 Å². The first kappa shape index (κ1) is 30.3. The molecule has 3 aromatic rings. The van der Waals surface area contributed by atoms with Gasteiger partial charge < -0.3 is 25.0 Å². The monoisotopic (exact) mass is 633 g/mol. The van der Waals surface area contributed by atoms with Crippen LogP contribution in [0.3, 0.4) is 0 Å². The average molecular weight is 634 g/mol. The molecular weight excluding hydrogens is 597 g/mol. The van der Waals surface area contributed by atoms with Crippen LogP contribution in [0.2, 0.25) is 0 Å². The average Bonchev–Trinajstić information content (AvgIpc) is 3.69. The van der Waals surface area contributed by atoms with E-state index in [-0.39, 0.29) is 45.8 Å². The molecule has 9 nitrogen and oxygen atoms in total. The second-order valence-electron chi connectivity index (χ2n) is 12.8. The van der Waals surface area contributed by atoms with Crippen LogP contribution < -0.4 is 20.3 Å². The van der Waals surface area contributed by atoms with Gasteiger partial charge in [0.05, 0.1) is 36.6 Å². The van der Waals surface area contributed by atoms with Crippen molar-refractivity contribution in [3.05, 3.63) is 34.9 Å². The number of piperazine rings is 1. The molecule has 5 heterocycles. The van der Waals surface area contributed by atoms with E-state index in [0.29, 0.717) is 38.7 Å². The lowest BCUT2D eigenvalue weighted by molar-refractivity contribution is -0.137. The first-order chi connectivity index (χ1) is 21.5. The zero-order valence-corrected chi connectivity index (χ0v) is 25.2. The quantitative estimate of drug-likeness (QED) is 0.341. The number of aromatic nitrogens is 3. The maximum atomic E-state index is 16.6. The summed E-state index contributed by atoms with van der Waals surface area (Å²) in [6.45, 7) is 6.55. The van der Waals surface area contributed by atoms with E-state index in [1.165, 1.54) is 20.0 Å². The van der Waals surface area contributed by atoms with Crippen molar-refractivity contribution in [3.63, 3.8) is 0 Å². The van der Waals surface area contributed by atoms with Gasteiger partial charge in [-0.15, -0.1) is 0 Å². The molecule has 242 valence electrons. The van der Waals surface area contributed by atoms with Crippen LogP contribution in [0.4, 0.5) is 33.6 Å². The minimum atomic E-state index is -4.91. The van der Waals surface area contributed by atoms with Gasteiger partial charge in [0.25, 0.3) is 0 Å². The Hall–Kier alpha value is -3.36. The molecule has 45 heavy (non-hydrogen) atoms. The number of anilines is 2. The van der Waals surface area contributed by atoms with Crippen molar-refractivity contribution >= 4 is 22.5 Å². The number of morpholine rings is 1. The van der Waals surface area contributed by atoms with Crippen molar-refractivity contribution in [2.24, 2.45) is 5.41 Å². The zero-order chi connectivity index (χ0) is 31.5. The first-order valence-corrected chi connectivity index (χ1v) is 15.4. The number of rotatable bonds is 8. The van der Waals surface area contributed by atoms with Crippen LogP contribution in [0.1, 0.15) is 36.8 Å². The van der Waals surface area contributed by atoms with Crippen molar-refractivity contribution in [2.45, 2.75) is 50.9 Å². The Labute approximate surface area is 257 Å². The fourth-order valence-electron chi connectivity index (χ4n) is 6.97. The number of hydrogen-bond acceptors (Lipinski definition) is 9. The summed E-state index contributed by atoms with van der Waals surface area (Å²) in [5.41, 5.74) is -3.55. The Bertz CT molecular complexity index is 1600. The van der Waals surface area contributed by atoms with Gasteiger partial charge in [-0.2, -0.15) is 23.1 Å². The van der Waals surface area contributed by atoms with Gasteiger partial charge in [-0.1, -0.05) is 0 Å². The van der Waals surface area contributed by atoms with E-state index in [4.69, 9.17) is 9.47 Å². The Morgan fingerprint density at radius 1 is 1.07 bits per heavy atom. The number of nitrogens with zero attached hydrogens (tertiary/aromatic N) is 5. The Kier molecular flexibility index (Phi) is 7.72. The van der Waals surface area contributed by atoms with Crippen LogP contribution in [-0.2, 0) is 10.9 Å². The van der Waals surface area contributed by atoms with Crippen LogP contribution in [0, 0.1) is 24.0 Å². The Morgan fingerprint density at radius 2 is 1.78 bits per heavy atom. The summed E-state index contributed by atoms with van der Waals surface area (Å²) in [5, 5.41) is 6.29. The molecule has 3 saturated heterocycles. The van der Waals surface area contributed by atoms with Gasteiger partial charge in [-0.05, 0) is 50.3 Å². The summed E-state index contributed by atoms with van der Waals surface area (Å²) in [5.74, 6) is -2.06. The number of aryl methyl sites for hydroxylation is 1. The second-order valence-corrected chi connectivity index (χ2v) is 12.8. The molecule has 0 spiro atoms. The summed E-state index contributed by atoms with van der Waals surface area (Å²) in [4.78, 5) is 17.3. The molecule has 2 atom stereocenters. The highest BCUT2D eigenvalue weighted by Gasteiger charge is 2.45. The molecule has 1 aliphatic carbocycles. The van der Waals surface area contributed by atoms with E-state index >= 15 is 8.78 Å². The van der Waals surface area contributed by atoms with Crippen LogP contribution in [0.25, 0.3) is 22.2 Å². The van der Waals surface area contributed by atoms with Gasteiger partial charge in [0.1, 0.15) is 23.0 Å². The van der Waals surface area contributed by atoms with E-state index in [9.17, 15) is 13.2 Å². The third-order valence-corrected chi connectivity index (χ3v) is 9.48. The minimum Gasteiger partial charge on any atom is -0.463 e. The Morgan fingerprint density at radius 3 is 2.42 bits per heavy atom. The molecule has 2 N–H and O–H groups in total. The predicted molar refractivity (Wildman–Crippen MR) is 159 cm³/mol. The molecule has 14 heteroatoms. The van der Waals surface area contributed by atoms with Crippen molar-refractivity contribution in [2.75, 3.05) is 69.8 Å². The first-order valence-electron chi connectivity index (χ1n) is 15.4. The van der Waals surface area contributed by atoms with Gasteiger partial charge >= 0.3 is 12.2 Å². The van der Waals surface area contributed by atoms with E-state index in [0.717, 1.165) is 51.4 Å². The zero-order valence-electron chi connectivity index (χ0n) is 25.2. The van der Waals surface area contributed by atoms with Crippen LogP contribution in [0.5, 0.6) is 6.01 Å². The number of pyridine rings is 1. The molecule has 4 fully saturated rings. The highest BCUT2D eigenvalue weighted by atomic mass is 19.4. The standard InChI is InChI=1S/C31H36F5N7O2/c1-17-11-22(37-2)39-27(24(17)31(34,35)36)23-21(32)12-20-26(25(23)33)40-29(41-28(20)43-13-18-3-4-19(14-43)38-18)45-16-30(5-6-30)15-42-7-9-44-10-8-42/h11-12,18-19,38H,3-10,13-16H2,1-2H3,(H,37,39)/t18-,19+. The van der Waals surface area contributed by atoms with Gasteiger partial charge in [-0.25, -0.2) is 13.8 Å². The molecule has 1 saturated carbocycles. The fraction of sp³-hybridized carbons (Fsp3) is 0.581. The molecule has 4 aliphatic rings. The minimum absolute atomic E-state index is 0.0492. The topological polar surface area (TPSA) is 87.7 Å². The molecular formula is C31H36F5N7O2. The van der Waals surface area contributed by atoms with E-state index in [2.05, 4.69) is 30.5 Å². The van der Waals surface area contributed by atoms with Gasteiger partial charge in [-0.3, -0.25) is 4.90 Å². The SMILES string of the molecule is CNc1cc(C)c(C(F)(F)F)c(-c2c(F)cc3c(N4C[C@H]5CC[C@@H](C4)N5)nc(OCC4(CN5CCOCC5)CC4)nc3c2F)n1. The molecule has 0 radical (unpaired) electrons. The van der Waals surface area contributed by atoms with Crippen LogP contribution in [-0.4, -0.2) is 91.5 Å². The lowest BCUT2D eigenvalue weighted by atomic mass is 9.98. The predicted octanol–water partition coefficient (Wildman–Crippen LogP) is 4.77. The lowest BCUT2D eigenvalue weighted by Gasteiger charge is -2.34. The molecule has 3 aliphatic heterocycles. The fourth-order valence-corrected chi connectivity index (χ4v) is 6.97. The van der Waals surface area contributed by atoms with Crippen molar-refractivity contribution in [1.29, 1.82) is 0 Å². The number of alkyl halides is 3. The lowest BCUT2D eigenvalue weighted by Crippen LogP contribution is -2.51. The smallest absolute Gasteiger partial charge is 0.418 e. The number of nitrogens with one attached hydrogen (secondary N) is 2. The molecule has 2 aromatic heterocycles. The molecule has 0 unspecified atom stereocenters. The Balaban J connectivity index is 1.32. The molecule has 2 bridgehead atoms. The number of fused-ring (bicyclic) bond motifs is 3. The normalized spacial score (nSPS) is 23.0. The van der Waals surface area contributed by atoms with Crippen molar-refractivity contribution < 1.29 is 31.4 Å². The number of ether oxygens (including phenoxy) is 2. The summed E-state index contributed by atoms with van der Waals surface area (Å²) in [7, 11) is 1.47. The summed E-state index contributed by atoms with van der Waals surface area (Å²) >= 11 is 0. The number of hydrogen-bond donors (Lipinski definition) is 2. The van der Waals surface area contributed by atoms with Crippen molar-refractivity contribution in [3.8, 4) is 17.3 Å². The molecule has 7 rings (SSSR count). The molecule has 1 aromatic carbocycles. The summed E-state index contributed by atoms with van der Waals surface area (Å²) < 4.78 is 87.0. The summed E-state index contributed by atoms with van der Waals surface area (Å²) in [6, 6.07) is 2.53. The van der Waals surface area contributed by atoms with Crippen molar-refractivity contribution in [1.82, 2.24) is 25.2 Å². The highest BCUT2D eigenvalue weighted by molar-refractivity contribution is 5.94.